The molecule has 0 unspecified atom stereocenters. The van der Waals surface area contributed by atoms with Gasteiger partial charge in [-0.1, -0.05) is 60.7 Å². The van der Waals surface area contributed by atoms with Gasteiger partial charge in [0.15, 0.2) is 12.9 Å². The van der Waals surface area contributed by atoms with Crippen LogP contribution in [-0.2, 0) is 31.8 Å². The molecule has 2 aliphatic heterocycles. The first-order valence-electron chi connectivity index (χ1n) is 15.5. The lowest BCUT2D eigenvalue weighted by atomic mass is 9.93. The van der Waals surface area contributed by atoms with Crippen LogP contribution in [0.15, 0.2) is 72.8 Å². The Balaban J connectivity index is 1.26. The number of nitrogens with two attached hydrogens (primary N) is 1. The lowest BCUT2D eigenvalue weighted by Crippen LogP contribution is -2.50. The first-order chi connectivity index (χ1) is 21.7. The normalized spacial score (nSPS) is 20.9. The molecule has 5 rings (SSSR count). The van der Waals surface area contributed by atoms with Gasteiger partial charge in [0.2, 0.25) is 0 Å². The van der Waals surface area contributed by atoms with Gasteiger partial charge in [-0.15, -0.1) is 0 Å². The predicted molar refractivity (Wildman–Crippen MR) is 170 cm³/mol. The molecule has 2 saturated heterocycles. The Kier molecular flexibility index (Phi) is 10.9. The molecule has 2 heterocycles. The van der Waals surface area contributed by atoms with Crippen molar-refractivity contribution in [1.82, 2.24) is 10.6 Å². The first-order valence-corrected chi connectivity index (χ1v) is 15.5. The van der Waals surface area contributed by atoms with E-state index in [-0.39, 0.29) is 37.7 Å². The van der Waals surface area contributed by atoms with E-state index in [1.165, 1.54) is 0 Å². The molecule has 6 atom stereocenters. The van der Waals surface area contributed by atoms with Crippen LogP contribution in [0.1, 0.15) is 35.1 Å². The summed E-state index contributed by atoms with van der Waals surface area (Å²) in [6.45, 7) is 4.42. The van der Waals surface area contributed by atoms with Gasteiger partial charge in [-0.25, -0.2) is 4.79 Å². The monoisotopic (exact) mass is 617 g/mol. The van der Waals surface area contributed by atoms with E-state index in [0.717, 1.165) is 28.7 Å². The lowest BCUT2D eigenvalue weighted by Gasteiger charge is -2.29. The molecule has 2 fully saturated rings. The summed E-state index contributed by atoms with van der Waals surface area (Å²) < 4.78 is 22.8. The van der Waals surface area contributed by atoms with Crippen molar-refractivity contribution < 1.29 is 33.6 Å². The number of nitrogen functional groups attached to an aromatic ring is 1. The minimum Gasteiger partial charge on any atom is -0.483 e. The topological polar surface area (TPSA) is 141 Å². The van der Waals surface area contributed by atoms with Gasteiger partial charge in [-0.05, 0) is 73.9 Å². The number of anilines is 1. The van der Waals surface area contributed by atoms with Gasteiger partial charge in [0.05, 0.1) is 31.3 Å². The maximum Gasteiger partial charge on any atom is 0.407 e. The fourth-order valence-corrected chi connectivity index (χ4v) is 6.19. The SMILES string of the molecule is Cc1cc(N)cc(C)c1OCC(=O)N[C@@H](Cc1ccccc1)C[C@H](O)[C@H](Cc1ccccc1)NC(=O)O[C@H]1CO[C@H]2OCC[C@H]21. The van der Waals surface area contributed by atoms with Crippen molar-refractivity contribution in [2.75, 3.05) is 25.6 Å². The van der Waals surface area contributed by atoms with Crippen LogP contribution in [0, 0.1) is 19.8 Å². The number of aliphatic hydroxyl groups excluding tert-OH is 1. The highest BCUT2D eigenvalue weighted by Gasteiger charge is 2.44. The summed E-state index contributed by atoms with van der Waals surface area (Å²) in [6, 6.07) is 21.9. The number of nitrogens with one attached hydrogen (secondary N) is 2. The zero-order valence-electron chi connectivity index (χ0n) is 25.8. The second-order valence-electron chi connectivity index (χ2n) is 11.9. The average Bonchev–Trinajstić information content (AvgIpc) is 3.62. The maximum absolute atomic E-state index is 13.2. The van der Waals surface area contributed by atoms with Crippen LogP contribution in [0.3, 0.4) is 0 Å². The van der Waals surface area contributed by atoms with E-state index in [9.17, 15) is 14.7 Å². The summed E-state index contributed by atoms with van der Waals surface area (Å²) in [4.78, 5) is 26.3. The third kappa shape index (κ3) is 8.97. The minimum absolute atomic E-state index is 0.00162. The van der Waals surface area contributed by atoms with Gasteiger partial charge >= 0.3 is 6.09 Å². The van der Waals surface area contributed by atoms with Gasteiger partial charge in [0, 0.05) is 11.7 Å². The summed E-state index contributed by atoms with van der Waals surface area (Å²) >= 11 is 0. The smallest absolute Gasteiger partial charge is 0.407 e. The molecule has 0 aromatic heterocycles. The summed E-state index contributed by atoms with van der Waals surface area (Å²) in [5.74, 6) is 0.301. The van der Waals surface area contributed by atoms with Crippen molar-refractivity contribution >= 4 is 17.7 Å². The largest absolute Gasteiger partial charge is 0.483 e. The highest BCUT2D eigenvalue weighted by molar-refractivity contribution is 5.78. The number of hydrogen-bond acceptors (Lipinski definition) is 8. The van der Waals surface area contributed by atoms with Gasteiger partial charge in [0.1, 0.15) is 11.9 Å². The van der Waals surface area contributed by atoms with Gasteiger partial charge in [0.25, 0.3) is 5.91 Å². The number of aliphatic hydroxyl groups is 1. The molecule has 10 nitrogen and oxygen atoms in total. The third-order valence-electron chi connectivity index (χ3n) is 8.36. The number of amides is 2. The molecule has 0 radical (unpaired) electrons. The maximum atomic E-state index is 13.2. The van der Waals surface area contributed by atoms with Gasteiger partial charge in [-0.2, -0.15) is 0 Å². The summed E-state index contributed by atoms with van der Waals surface area (Å²) in [5, 5.41) is 17.5. The Hall–Kier alpha value is -4.12. The summed E-state index contributed by atoms with van der Waals surface area (Å²) in [7, 11) is 0. The van der Waals surface area contributed by atoms with Crippen molar-refractivity contribution in [3.8, 4) is 5.75 Å². The van der Waals surface area contributed by atoms with Crippen LogP contribution in [-0.4, -0.2) is 67.5 Å². The second kappa shape index (κ2) is 15.2. The number of fused-ring (bicyclic) bond motifs is 1. The molecule has 0 aliphatic carbocycles. The minimum atomic E-state index is -1.00. The van der Waals surface area contributed by atoms with Crippen LogP contribution < -0.4 is 21.1 Å². The Morgan fingerprint density at radius 1 is 0.956 bits per heavy atom. The molecule has 5 N–H and O–H groups in total. The van der Waals surface area contributed by atoms with Gasteiger partial charge in [-0.3, -0.25) is 4.79 Å². The number of alkyl carbamates (subject to hydrolysis) is 1. The Bertz CT molecular complexity index is 1400. The van der Waals surface area contributed by atoms with E-state index in [4.69, 9.17) is 24.7 Å². The zero-order chi connectivity index (χ0) is 31.8. The number of hydrogen-bond donors (Lipinski definition) is 4. The number of aryl methyl sites for hydroxylation is 2. The lowest BCUT2D eigenvalue weighted by molar-refractivity contribution is -0.124. The number of carbonyl (C=O) groups excluding carboxylic acids is 2. The Morgan fingerprint density at radius 3 is 2.27 bits per heavy atom. The third-order valence-corrected chi connectivity index (χ3v) is 8.36. The Labute approximate surface area is 264 Å². The van der Waals surface area contributed by atoms with Crippen molar-refractivity contribution in [2.45, 2.75) is 70.1 Å². The highest BCUT2D eigenvalue weighted by Crippen LogP contribution is 2.33. The van der Waals surface area contributed by atoms with E-state index in [1.54, 1.807) is 12.1 Å². The Morgan fingerprint density at radius 2 is 1.60 bits per heavy atom. The van der Waals surface area contributed by atoms with Crippen LogP contribution in [0.25, 0.3) is 0 Å². The zero-order valence-corrected chi connectivity index (χ0v) is 25.8. The number of ether oxygens (including phenoxy) is 4. The fourth-order valence-electron chi connectivity index (χ4n) is 6.19. The molecule has 3 aromatic rings. The standard InChI is InChI=1S/C35H43N3O7/c1-22-15-26(36)16-23(2)33(22)43-21-32(40)37-27(17-24-9-5-3-6-10-24)19-30(39)29(18-25-11-7-4-8-12-25)38-35(41)45-31-20-44-34-28(31)13-14-42-34/h3-12,15-16,27-31,34,39H,13-14,17-21,36H2,1-2H3,(H,37,40)(H,38,41)/t27-,28-,29-,30-,31-,34+/m0/s1. The first kappa shape index (κ1) is 32.3. The van der Waals surface area contributed by atoms with E-state index < -0.39 is 30.4 Å². The van der Waals surface area contributed by atoms with Crippen LogP contribution in [0.5, 0.6) is 5.75 Å². The number of rotatable bonds is 13. The second-order valence-corrected chi connectivity index (χ2v) is 11.9. The molecular weight excluding hydrogens is 574 g/mol. The van der Waals surface area contributed by atoms with E-state index >= 15 is 0 Å². The highest BCUT2D eigenvalue weighted by atomic mass is 16.7. The molecule has 45 heavy (non-hydrogen) atoms. The average molecular weight is 618 g/mol. The quantitative estimate of drug-likeness (QED) is 0.212. The van der Waals surface area contributed by atoms with Crippen LogP contribution >= 0.6 is 0 Å². The van der Waals surface area contributed by atoms with Crippen molar-refractivity contribution in [3.63, 3.8) is 0 Å². The predicted octanol–water partition coefficient (Wildman–Crippen LogP) is 3.84. The van der Waals surface area contributed by atoms with E-state index in [0.29, 0.717) is 30.9 Å². The fraction of sp³-hybridized carbons (Fsp3) is 0.429. The van der Waals surface area contributed by atoms with Gasteiger partial charge < -0.3 is 40.4 Å². The molecule has 240 valence electrons. The van der Waals surface area contributed by atoms with Crippen molar-refractivity contribution in [3.05, 3.63) is 95.1 Å². The number of benzene rings is 3. The molecule has 2 amide bonds. The van der Waals surface area contributed by atoms with Crippen LogP contribution in [0.4, 0.5) is 10.5 Å². The molecular formula is C35H43N3O7. The molecule has 0 bridgehead atoms. The number of carbonyl (C=O) groups is 2. The molecule has 10 heteroatoms. The summed E-state index contributed by atoms with van der Waals surface area (Å²) in [6.07, 6.45) is -0.575. The van der Waals surface area contributed by atoms with E-state index in [1.807, 2.05) is 74.5 Å². The molecule has 0 spiro atoms. The van der Waals surface area contributed by atoms with Crippen molar-refractivity contribution in [2.24, 2.45) is 5.92 Å². The van der Waals surface area contributed by atoms with Crippen molar-refractivity contribution in [1.29, 1.82) is 0 Å². The molecule has 2 aliphatic rings. The van der Waals surface area contributed by atoms with Crippen LogP contribution in [0.2, 0.25) is 0 Å². The molecule has 3 aromatic carbocycles. The molecule has 0 saturated carbocycles. The van der Waals surface area contributed by atoms with E-state index in [2.05, 4.69) is 10.6 Å². The summed E-state index contributed by atoms with van der Waals surface area (Å²) in [5.41, 5.74) is 10.2.